The van der Waals surface area contributed by atoms with E-state index in [1.807, 2.05) is 0 Å². The van der Waals surface area contributed by atoms with Crippen LogP contribution in [0.15, 0.2) is 132 Å². The van der Waals surface area contributed by atoms with Gasteiger partial charge in [0.25, 0.3) is 0 Å². The van der Waals surface area contributed by atoms with E-state index in [1.54, 1.807) is 0 Å². The molecule has 2 aromatic carbocycles. The molecule has 0 saturated heterocycles. The molecule has 35 heavy (non-hydrogen) atoms. The zero-order valence-electron chi connectivity index (χ0n) is 21.5. The summed E-state index contributed by atoms with van der Waals surface area (Å²) in [6.07, 6.45) is 5.27. The van der Waals surface area contributed by atoms with Crippen molar-refractivity contribution in [3.63, 3.8) is 0 Å². The molecule has 3 atom stereocenters. The van der Waals surface area contributed by atoms with Gasteiger partial charge in [0.1, 0.15) is 0 Å². The molecule has 0 aromatic heterocycles. The maximum absolute atomic E-state index is 4.77. The van der Waals surface area contributed by atoms with E-state index in [0.29, 0.717) is 5.92 Å². The van der Waals surface area contributed by atoms with Crippen molar-refractivity contribution in [2.24, 2.45) is 5.92 Å². The Hall–Kier alpha value is -3.38. The van der Waals surface area contributed by atoms with E-state index in [9.17, 15) is 0 Å². The van der Waals surface area contributed by atoms with Crippen LogP contribution in [0.1, 0.15) is 68.6 Å². The molecule has 0 nitrogen and oxygen atoms in total. The van der Waals surface area contributed by atoms with Gasteiger partial charge in [0.05, 0.1) is 0 Å². The maximum Gasteiger partial charge on any atom is 0.0201 e. The third kappa shape index (κ3) is 3.76. The van der Waals surface area contributed by atoms with E-state index in [4.69, 9.17) is 6.58 Å². The first-order valence-electron chi connectivity index (χ1n) is 12.8. The fourth-order valence-electron chi connectivity index (χ4n) is 6.62. The molecule has 3 unspecified atom stereocenters. The number of fused-ring (bicyclic) bond motifs is 2. The van der Waals surface area contributed by atoms with E-state index in [-0.39, 0.29) is 11.8 Å². The minimum atomic E-state index is 0.255. The molecule has 176 valence electrons. The van der Waals surface area contributed by atoms with Gasteiger partial charge in [-0.25, -0.2) is 0 Å². The largest absolute Gasteiger partial charge is 0.100 e. The minimum absolute atomic E-state index is 0.255. The van der Waals surface area contributed by atoms with Crippen molar-refractivity contribution in [3.8, 4) is 0 Å². The van der Waals surface area contributed by atoms with Crippen molar-refractivity contribution in [1.29, 1.82) is 0 Å². The molecule has 0 radical (unpaired) electrons. The fraction of sp³-hybridized carbons (Fsp3) is 0.257. The number of hydrogen-bond donors (Lipinski definition) is 0. The minimum Gasteiger partial charge on any atom is -0.100 e. The van der Waals surface area contributed by atoms with Gasteiger partial charge in [-0.2, -0.15) is 0 Å². The molecule has 2 aromatic rings. The summed E-state index contributed by atoms with van der Waals surface area (Å²) >= 11 is 0. The fourth-order valence-corrected chi connectivity index (χ4v) is 6.62. The second-order valence-electron chi connectivity index (χ2n) is 10.5. The second-order valence-corrected chi connectivity index (χ2v) is 10.5. The van der Waals surface area contributed by atoms with Crippen LogP contribution in [-0.2, 0) is 0 Å². The number of hydrogen-bond acceptors (Lipinski definition) is 0. The van der Waals surface area contributed by atoms with E-state index >= 15 is 0 Å². The van der Waals surface area contributed by atoms with Crippen LogP contribution < -0.4 is 0 Å². The quantitative estimate of drug-likeness (QED) is 0.393. The highest BCUT2D eigenvalue weighted by Crippen LogP contribution is 2.59. The van der Waals surface area contributed by atoms with E-state index in [2.05, 4.69) is 101 Å². The van der Waals surface area contributed by atoms with Crippen LogP contribution in [0.3, 0.4) is 0 Å². The summed E-state index contributed by atoms with van der Waals surface area (Å²) in [5.41, 5.74) is 15.9. The molecule has 0 amide bonds. The monoisotopic (exact) mass is 456 g/mol. The van der Waals surface area contributed by atoms with Crippen molar-refractivity contribution < 1.29 is 0 Å². The SMILES string of the molecule is C=C(C)CC1C(=C)C(=C2CC3=CC(C)=C(C(=C)CC)C(c4ccccc4)C3C2=C)c2ccccc21. The van der Waals surface area contributed by atoms with E-state index < -0.39 is 0 Å². The lowest BCUT2D eigenvalue weighted by molar-refractivity contribution is 0.622. The summed E-state index contributed by atoms with van der Waals surface area (Å²) < 4.78 is 0. The Morgan fingerprint density at radius 3 is 2.29 bits per heavy atom. The number of rotatable bonds is 5. The Morgan fingerprint density at radius 1 is 0.914 bits per heavy atom. The number of benzene rings is 2. The molecule has 1 fully saturated rings. The Kier molecular flexibility index (Phi) is 6.01. The highest BCUT2D eigenvalue weighted by Gasteiger charge is 2.43. The molecule has 0 bridgehead atoms. The molecular weight excluding hydrogens is 420 g/mol. The molecule has 1 saturated carbocycles. The summed E-state index contributed by atoms with van der Waals surface area (Å²) in [5.74, 6) is 0.822. The Bertz CT molecular complexity index is 1350. The van der Waals surface area contributed by atoms with Crippen LogP contribution in [0.4, 0.5) is 0 Å². The normalized spacial score (nSPS) is 25.5. The first kappa shape index (κ1) is 23.4. The first-order valence-corrected chi connectivity index (χ1v) is 12.8. The lowest BCUT2D eigenvalue weighted by atomic mass is 9.69. The van der Waals surface area contributed by atoms with Crippen molar-refractivity contribution >= 4 is 5.57 Å². The van der Waals surface area contributed by atoms with Gasteiger partial charge in [0, 0.05) is 17.8 Å². The Balaban J connectivity index is 1.67. The molecule has 5 rings (SSSR count). The second kappa shape index (κ2) is 9.00. The molecule has 3 aliphatic carbocycles. The lowest BCUT2D eigenvalue weighted by Gasteiger charge is -2.34. The van der Waals surface area contributed by atoms with Crippen LogP contribution in [0.25, 0.3) is 5.57 Å². The lowest BCUT2D eigenvalue weighted by Crippen LogP contribution is -2.21. The molecule has 0 heteroatoms. The van der Waals surface area contributed by atoms with Crippen molar-refractivity contribution in [1.82, 2.24) is 0 Å². The Labute approximate surface area is 211 Å². The Morgan fingerprint density at radius 2 is 1.60 bits per heavy atom. The molecule has 0 N–H and O–H groups in total. The first-order chi connectivity index (χ1) is 16.8. The highest BCUT2D eigenvalue weighted by atomic mass is 14.5. The molecule has 0 aliphatic heterocycles. The third-order valence-corrected chi connectivity index (χ3v) is 8.18. The summed E-state index contributed by atoms with van der Waals surface area (Å²) in [6.45, 7) is 24.7. The van der Waals surface area contributed by atoms with Crippen LogP contribution in [0, 0.1) is 5.92 Å². The van der Waals surface area contributed by atoms with Crippen LogP contribution in [0.5, 0.6) is 0 Å². The predicted octanol–water partition coefficient (Wildman–Crippen LogP) is 9.64. The zero-order chi connectivity index (χ0) is 24.9. The van der Waals surface area contributed by atoms with Gasteiger partial charge in [0.2, 0.25) is 0 Å². The van der Waals surface area contributed by atoms with E-state index in [1.165, 1.54) is 66.8 Å². The summed E-state index contributed by atoms with van der Waals surface area (Å²) in [4.78, 5) is 0. The third-order valence-electron chi connectivity index (χ3n) is 8.18. The zero-order valence-corrected chi connectivity index (χ0v) is 21.5. The van der Waals surface area contributed by atoms with Gasteiger partial charge in [-0.05, 0) is 83.2 Å². The van der Waals surface area contributed by atoms with Crippen molar-refractivity contribution in [2.75, 3.05) is 0 Å². The molecule has 0 heterocycles. The molecule has 3 aliphatic rings. The van der Waals surface area contributed by atoms with Crippen molar-refractivity contribution in [3.05, 3.63) is 148 Å². The van der Waals surface area contributed by atoms with Gasteiger partial charge in [-0.15, -0.1) is 6.58 Å². The molecule has 0 spiro atoms. The highest BCUT2D eigenvalue weighted by molar-refractivity contribution is 5.92. The maximum atomic E-state index is 4.77. The van der Waals surface area contributed by atoms with Gasteiger partial charge in [-0.3, -0.25) is 0 Å². The van der Waals surface area contributed by atoms with Crippen LogP contribution >= 0.6 is 0 Å². The van der Waals surface area contributed by atoms with Gasteiger partial charge < -0.3 is 0 Å². The van der Waals surface area contributed by atoms with Gasteiger partial charge in [0.15, 0.2) is 0 Å². The van der Waals surface area contributed by atoms with Crippen LogP contribution in [0.2, 0.25) is 0 Å². The van der Waals surface area contributed by atoms with Crippen LogP contribution in [-0.4, -0.2) is 0 Å². The average Bonchev–Trinajstić information content (AvgIpc) is 3.31. The summed E-state index contributed by atoms with van der Waals surface area (Å²) in [7, 11) is 0. The van der Waals surface area contributed by atoms with Gasteiger partial charge in [-0.1, -0.05) is 104 Å². The van der Waals surface area contributed by atoms with Crippen molar-refractivity contribution in [2.45, 2.75) is 51.9 Å². The predicted molar refractivity (Wildman–Crippen MR) is 151 cm³/mol. The topological polar surface area (TPSA) is 0 Å². The van der Waals surface area contributed by atoms with E-state index in [0.717, 1.165) is 19.3 Å². The average molecular weight is 457 g/mol. The summed E-state index contributed by atoms with van der Waals surface area (Å²) in [5, 5.41) is 0. The molecular formula is C35H36. The number of allylic oxidation sites excluding steroid dienone is 10. The van der Waals surface area contributed by atoms with Gasteiger partial charge >= 0.3 is 0 Å². The smallest absolute Gasteiger partial charge is 0.0201 e. The standard InChI is InChI=1S/C35H36/c1-8-22(4)32-23(5)19-27-20-31(25(7)33(27)35(32)26-14-10-9-11-15-26)34-24(6)30(18-21(2)3)28-16-12-13-17-29(28)34/h9-17,19,30,33,35H,2,4,6-8,18,20H2,1,3,5H3. The summed E-state index contributed by atoms with van der Waals surface area (Å²) in [6, 6.07) is 19.8.